The van der Waals surface area contributed by atoms with Gasteiger partial charge in [0.05, 0.1) is 12.2 Å². The molecule has 0 atom stereocenters. The number of aliphatic imine (C=N–C) groups is 1. The smallest absolute Gasteiger partial charge is 0.191 e. The number of nitrogens with one attached hydrogen (secondary N) is 2. The van der Waals surface area contributed by atoms with Gasteiger partial charge in [0.2, 0.25) is 0 Å². The first kappa shape index (κ1) is 20.9. The Kier molecular flexibility index (Phi) is 8.24. The number of aryl methyl sites for hydroxylation is 1. The molecule has 0 spiro atoms. The second-order valence-corrected chi connectivity index (χ2v) is 5.75. The molecule has 0 saturated carbocycles. The zero-order valence-electron chi connectivity index (χ0n) is 15.5. The minimum atomic E-state index is 0. The summed E-state index contributed by atoms with van der Waals surface area (Å²) in [5, 5.41) is 18.9. The van der Waals surface area contributed by atoms with Crippen molar-refractivity contribution < 1.29 is 0 Å². The lowest BCUT2D eigenvalue weighted by Crippen LogP contribution is -2.38. The molecule has 3 rings (SSSR count). The summed E-state index contributed by atoms with van der Waals surface area (Å²) in [5.41, 5.74) is 2.32. The Morgan fingerprint density at radius 3 is 2.67 bits per heavy atom. The van der Waals surface area contributed by atoms with E-state index in [4.69, 9.17) is 0 Å². The third-order valence-electron chi connectivity index (χ3n) is 4.09. The molecule has 1 aromatic carbocycles. The number of guanidine groups is 1. The Bertz CT molecular complexity index is 823. The van der Waals surface area contributed by atoms with Gasteiger partial charge in [-0.2, -0.15) is 5.10 Å². The SMILES string of the molecule is CCn1cnnc1CNC(=NC)NCCc1ccc(-n2cccn2)cc1.I. The molecule has 0 aliphatic carbocycles. The number of hydrogen-bond acceptors (Lipinski definition) is 4. The average molecular weight is 480 g/mol. The maximum Gasteiger partial charge on any atom is 0.191 e. The molecule has 2 heterocycles. The summed E-state index contributed by atoms with van der Waals surface area (Å²) in [6, 6.07) is 10.3. The maximum atomic E-state index is 4.25. The fourth-order valence-electron chi connectivity index (χ4n) is 2.63. The summed E-state index contributed by atoms with van der Waals surface area (Å²) >= 11 is 0. The van der Waals surface area contributed by atoms with Gasteiger partial charge in [-0.1, -0.05) is 12.1 Å². The first-order chi connectivity index (χ1) is 12.8. The lowest BCUT2D eigenvalue weighted by atomic mass is 10.1. The van der Waals surface area contributed by atoms with Crippen LogP contribution in [-0.4, -0.2) is 44.1 Å². The lowest BCUT2D eigenvalue weighted by molar-refractivity contribution is 0.669. The Balaban J connectivity index is 0.00000261. The predicted octanol–water partition coefficient (Wildman–Crippen LogP) is 2.01. The quantitative estimate of drug-likeness (QED) is 0.307. The van der Waals surface area contributed by atoms with Gasteiger partial charge in [0.25, 0.3) is 0 Å². The van der Waals surface area contributed by atoms with Crippen molar-refractivity contribution in [3.05, 3.63) is 60.4 Å². The molecular weight excluding hydrogens is 455 g/mol. The third-order valence-corrected chi connectivity index (χ3v) is 4.09. The maximum absolute atomic E-state index is 4.25. The summed E-state index contributed by atoms with van der Waals surface area (Å²) in [6.45, 7) is 4.30. The number of aromatic nitrogens is 5. The molecule has 0 radical (unpaired) electrons. The largest absolute Gasteiger partial charge is 0.356 e. The molecule has 0 unspecified atom stereocenters. The van der Waals surface area contributed by atoms with Gasteiger partial charge in [-0.15, -0.1) is 34.2 Å². The van der Waals surface area contributed by atoms with Crippen LogP contribution in [0.5, 0.6) is 0 Å². The highest BCUT2D eigenvalue weighted by Gasteiger charge is 2.04. The summed E-state index contributed by atoms with van der Waals surface area (Å²) in [4.78, 5) is 4.25. The van der Waals surface area contributed by atoms with E-state index >= 15 is 0 Å². The number of halogens is 1. The van der Waals surface area contributed by atoms with E-state index in [1.165, 1.54) is 5.56 Å². The van der Waals surface area contributed by atoms with Crippen LogP contribution in [0.2, 0.25) is 0 Å². The number of hydrogen-bond donors (Lipinski definition) is 2. The first-order valence-corrected chi connectivity index (χ1v) is 8.70. The molecule has 27 heavy (non-hydrogen) atoms. The van der Waals surface area contributed by atoms with Crippen LogP contribution in [0.3, 0.4) is 0 Å². The molecule has 0 fully saturated rings. The summed E-state index contributed by atoms with van der Waals surface area (Å²) < 4.78 is 3.85. The summed E-state index contributed by atoms with van der Waals surface area (Å²) in [5.74, 6) is 1.65. The van der Waals surface area contributed by atoms with Gasteiger partial charge < -0.3 is 15.2 Å². The molecule has 9 heteroatoms. The molecule has 2 aromatic heterocycles. The Morgan fingerprint density at radius 2 is 2.00 bits per heavy atom. The molecule has 2 N–H and O–H groups in total. The molecule has 3 aromatic rings. The zero-order chi connectivity index (χ0) is 18.2. The van der Waals surface area contributed by atoms with Crippen LogP contribution in [0.4, 0.5) is 0 Å². The minimum Gasteiger partial charge on any atom is -0.356 e. The first-order valence-electron chi connectivity index (χ1n) is 8.70. The average Bonchev–Trinajstić information content (AvgIpc) is 3.36. The van der Waals surface area contributed by atoms with E-state index in [0.717, 1.165) is 37.0 Å². The molecule has 144 valence electrons. The van der Waals surface area contributed by atoms with Crippen LogP contribution < -0.4 is 10.6 Å². The molecule has 8 nitrogen and oxygen atoms in total. The lowest BCUT2D eigenvalue weighted by Gasteiger charge is -2.12. The van der Waals surface area contributed by atoms with Crippen LogP contribution in [0.1, 0.15) is 18.3 Å². The van der Waals surface area contributed by atoms with E-state index in [0.29, 0.717) is 6.54 Å². The van der Waals surface area contributed by atoms with Crippen LogP contribution in [0.15, 0.2) is 54.0 Å². The fraction of sp³-hybridized carbons (Fsp3) is 0.333. The molecular formula is C18H25IN8. The van der Waals surface area contributed by atoms with Gasteiger partial charge in [-0.3, -0.25) is 4.99 Å². The standard InChI is InChI=1S/C18H24N8.HI/c1-3-25-14-22-24-17(25)13-21-18(19-2)20-11-9-15-5-7-16(8-6-15)26-12-4-10-23-26;/h4-8,10,12,14H,3,9,11,13H2,1-2H3,(H2,19,20,21);1H. The minimum absolute atomic E-state index is 0. The molecule has 0 bridgehead atoms. The van der Waals surface area contributed by atoms with Crippen LogP contribution in [0, 0.1) is 0 Å². The van der Waals surface area contributed by atoms with Gasteiger partial charge in [-0.25, -0.2) is 4.68 Å². The van der Waals surface area contributed by atoms with E-state index in [9.17, 15) is 0 Å². The van der Waals surface area contributed by atoms with E-state index in [-0.39, 0.29) is 24.0 Å². The van der Waals surface area contributed by atoms with Crippen molar-refractivity contribution in [1.29, 1.82) is 0 Å². The number of benzene rings is 1. The van der Waals surface area contributed by atoms with E-state index in [2.05, 4.69) is 62.1 Å². The van der Waals surface area contributed by atoms with Gasteiger partial charge in [0.1, 0.15) is 6.33 Å². The van der Waals surface area contributed by atoms with E-state index < -0.39 is 0 Å². The molecule has 0 amide bonds. The van der Waals surface area contributed by atoms with E-state index in [1.54, 1.807) is 19.6 Å². The van der Waals surface area contributed by atoms with E-state index in [1.807, 2.05) is 21.5 Å². The van der Waals surface area contributed by atoms with Crippen LogP contribution in [-0.2, 0) is 19.5 Å². The second kappa shape index (κ2) is 10.7. The van der Waals surface area contributed by atoms with Crippen molar-refractivity contribution in [2.24, 2.45) is 4.99 Å². The van der Waals surface area contributed by atoms with Crippen molar-refractivity contribution in [3.8, 4) is 5.69 Å². The monoisotopic (exact) mass is 480 g/mol. The van der Waals surface area contributed by atoms with Crippen molar-refractivity contribution in [3.63, 3.8) is 0 Å². The Hall–Kier alpha value is -2.43. The van der Waals surface area contributed by atoms with Gasteiger partial charge in [0, 0.05) is 32.5 Å². The van der Waals surface area contributed by atoms with Crippen molar-refractivity contribution >= 4 is 29.9 Å². The summed E-state index contributed by atoms with van der Waals surface area (Å²) in [7, 11) is 1.76. The van der Waals surface area contributed by atoms with Crippen LogP contribution in [0.25, 0.3) is 5.69 Å². The normalized spacial score (nSPS) is 11.1. The third kappa shape index (κ3) is 5.78. The van der Waals surface area contributed by atoms with Gasteiger partial charge in [0.15, 0.2) is 11.8 Å². The second-order valence-electron chi connectivity index (χ2n) is 5.75. The molecule has 0 aliphatic rings. The number of nitrogens with zero attached hydrogens (tertiary/aromatic N) is 6. The Labute approximate surface area is 176 Å². The van der Waals surface area contributed by atoms with Crippen LogP contribution >= 0.6 is 24.0 Å². The predicted molar refractivity (Wildman–Crippen MR) is 117 cm³/mol. The Morgan fingerprint density at radius 1 is 1.19 bits per heavy atom. The highest BCUT2D eigenvalue weighted by atomic mass is 127. The number of rotatable bonds is 7. The van der Waals surface area contributed by atoms with Gasteiger partial charge in [-0.05, 0) is 37.1 Å². The van der Waals surface area contributed by atoms with Crippen molar-refractivity contribution in [1.82, 2.24) is 35.2 Å². The zero-order valence-corrected chi connectivity index (χ0v) is 17.9. The molecule has 0 saturated heterocycles. The topological polar surface area (TPSA) is 85.0 Å². The van der Waals surface area contributed by atoms with Crippen molar-refractivity contribution in [2.75, 3.05) is 13.6 Å². The van der Waals surface area contributed by atoms with Crippen molar-refractivity contribution in [2.45, 2.75) is 26.4 Å². The fourth-order valence-corrected chi connectivity index (χ4v) is 2.63. The highest BCUT2D eigenvalue weighted by molar-refractivity contribution is 14.0. The van der Waals surface area contributed by atoms with Gasteiger partial charge >= 0.3 is 0 Å². The summed E-state index contributed by atoms with van der Waals surface area (Å²) in [6.07, 6.45) is 6.36. The highest BCUT2D eigenvalue weighted by Crippen LogP contribution is 2.08. The molecule has 0 aliphatic heterocycles.